The molecule has 0 nitrogen and oxygen atoms in total. The molecule has 121 valence electrons. The van der Waals surface area contributed by atoms with Crippen LogP contribution in [0.4, 0.5) is 0 Å². The molecule has 0 N–H and O–H groups in total. The SMILES string of the molecule is CCCCCCCCC[CH]CCCCCCCCCC. The van der Waals surface area contributed by atoms with Gasteiger partial charge in [-0.15, -0.1) is 0 Å². The third kappa shape index (κ3) is 18.0. The van der Waals surface area contributed by atoms with Crippen molar-refractivity contribution in [1.29, 1.82) is 0 Å². The minimum Gasteiger partial charge on any atom is -0.0654 e. The van der Waals surface area contributed by atoms with Gasteiger partial charge >= 0.3 is 0 Å². The van der Waals surface area contributed by atoms with Crippen LogP contribution in [0.15, 0.2) is 0 Å². The van der Waals surface area contributed by atoms with Gasteiger partial charge in [0.25, 0.3) is 0 Å². The van der Waals surface area contributed by atoms with Gasteiger partial charge in [0, 0.05) is 0 Å². The minimum absolute atomic E-state index is 1.37. The lowest BCUT2D eigenvalue weighted by Gasteiger charge is -2.03. The summed E-state index contributed by atoms with van der Waals surface area (Å²) in [6.07, 6.45) is 26.9. The van der Waals surface area contributed by atoms with Crippen molar-refractivity contribution in [1.82, 2.24) is 0 Å². The number of hydrogen-bond donors (Lipinski definition) is 0. The first kappa shape index (κ1) is 20.0. The van der Waals surface area contributed by atoms with Gasteiger partial charge in [0.1, 0.15) is 0 Å². The molecule has 0 rings (SSSR count). The van der Waals surface area contributed by atoms with Gasteiger partial charge in [-0.1, -0.05) is 123 Å². The van der Waals surface area contributed by atoms with Crippen LogP contribution in [0.3, 0.4) is 0 Å². The molecule has 1 radical (unpaired) electrons. The average Bonchev–Trinajstić information content (AvgIpc) is 2.47. The van der Waals surface area contributed by atoms with Crippen molar-refractivity contribution in [3.8, 4) is 0 Å². The maximum Gasteiger partial charge on any atom is -0.0386 e. The first-order valence-electron chi connectivity index (χ1n) is 9.73. The van der Waals surface area contributed by atoms with Crippen molar-refractivity contribution in [3.63, 3.8) is 0 Å². The molecule has 0 fully saturated rings. The standard InChI is InChI=1S/C20H41/c1-3-5-7-9-11-13-15-17-19-20-18-16-14-12-10-8-6-4-2/h19H,3-18,20H2,1-2H3. The third-order valence-electron chi connectivity index (χ3n) is 4.27. The normalized spacial score (nSPS) is 11.1. The summed E-state index contributed by atoms with van der Waals surface area (Å²) in [5.41, 5.74) is 0. The van der Waals surface area contributed by atoms with E-state index in [1.165, 1.54) is 109 Å². The molecule has 0 heteroatoms. The zero-order valence-corrected chi connectivity index (χ0v) is 14.6. The molecule has 0 aromatic carbocycles. The van der Waals surface area contributed by atoms with Gasteiger partial charge in [0.05, 0.1) is 0 Å². The molecular weight excluding hydrogens is 240 g/mol. The van der Waals surface area contributed by atoms with Gasteiger partial charge in [-0.05, 0) is 6.42 Å². The Hall–Kier alpha value is 0. The Kier molecular flexibility index (Phi) is 19.0. The molecule has 0 amide bonds. The Labute approximate surface area is 130 Å². The summed E-state index contributed by atoms with van der Waals surface area (Å²) < 4.78 is 0. The molecule has 0 heterocycles. The zero-order valence-electron chi connectivity index (χ0n) is 14.6. The van der Waals surface area contributed by atoms with E-state index in [1.807, 2.05) is 0 Å². The van der Waals surface area contributed by atoms with Gasteiger partial charge in [-0.2, -0.15) is 0 Å². The number of rotatable bonds is 17. The molecule has 0 unspecified atom stereocenters. The van der Waals surface area contributed by atoms with Crippen molar-refractivity contribution in [2.75, 3.05) is 0 Å². The molecule has 0 saturated carbocycles. The van der Waals surface area contributed by atoms with Crippen LogP contribution < -0.4 is 0 Å². The van der Waals surface area contributed by atoms with Crippen LogP contribution >= 0.6 is 0 Å². The summed E-state index contributed by atoms with van der Waals surface area (Å²) in [5, 5.41) is 0. The van der Waals surface area contributed by atoms with Gasteiger partial charge in [0.2, 0.25) is 0 Å². The molecule has 0 aliphatic rings. The van der Waals surface area contributed by atoms with Crippen LogP contribution in [0.25, 0.3) is 0 Å². The molecule has 0 saturated heterocycles. The average molecular weight is 282 g/mol. The molecule has 0 aliphatic heterocycles. The maximum atomic E-state index is 2.54. The molecule has 0 aromatic rings. The highest BCUT2D eigenvalue weighted by molar-refractivity contribution is 4.64. The lowest BCUT2D eigenvalue weighted by atomic mass is 10.0. The molecule has 0 aromatic heterocycles. The van der Waals surface area contributed by atoms with E-state index in [0.717, 1.165) is 0 Å². The van der Waals surface area contributed by atoms with Gasteiger partial charge < -0.3 is 0 Å². The van der Waals surface area contributed by atoms with E-state index >= 15 is 0 Å². The second-order valence-electron chi connectivity index (χ2n) is 6.46. The fraction of sp³-hybridized carbons (Fsp3) is 0.950. The highest BCUT2D eigenvalue weighted by Crippen LogP contribution is 2.13. The monoisotopic (exact) mass is 281 g/mol. The van der Waals surface area contributed by atoms with Crippen LogP contribution in [-0.4, -0.2) is 0 Å². The minimum atomic E-state index is 1.37. The van der Waals surface area contributed by atoms with Crippen molar-refractivity contribution in [3.05, 3.63) is 6.42 Å². The van der Waals surface area contributed by atoms with E-state index in [2.05, 4.69) is 20.3 Å². The van der Waals surface area contributed by atoms with Gasteiger partial charge in [0.15, 0.2) is 0 Å². The Balaban J connectivity index is 2.89. The topological polar surface area (TPSA) is 0 Å². The smallest absolute Gasteiger partial charge is 0.0386 e. The summed E-state index contributed by atoms with van der Waals surface area (Å²) in [5.74, 6) is 0. The molecule has 0 atom stereocenters. The molecule has 0 bridgehead atoms. The third-order valence-corrected chi connectivity index (χ3v) is 4.27. The highest BCUT2D eigenvalue weighted by Gasteiger charge is 1.94. The summed E-state index contributed by atoms with van der Waals surface area (Å²) in [6, 6.07) is 0. The van der Waals surface area contributed by atoms with E-state index in [1.54, 1.807) is 0 Å². The summed E-state index contributed by atoms with van der Waals surface area (Å²) in [7, 11) is 0. The summed E-state index contributed by atoms with van der Waals surface area (Å²) in [6.45, 7) is 4.58. The Morgan fingerprint density at radius 1 is 0.400 bits per heavy atom. The predicted molar refractivity (Wildman–Crippen MR) is 94.1 cm³/mol. The van der Waals surface area contributed by atoms with Crippen LogP contribution in [-0.2, 0) is 0 Å². The van der Waals surface area contributed by atoms with Crippen LogP contribution in [0.2, 0.25) is 0 Å². The summed E-state index contributed by atoms with van der Waals surface area (Å²) >= 11 is 0. The molecular formula is C20H41. The van der Waals surface area contributed by atoms with Gasteiger partial charge in [-0.3, -0.25) is 0 Å². The lowest BCUT2D eigenvalue weighted by molar-refractivity contribution is 0.562. The molecule has 0 aliphatic carbocycles. The van der Waals surface area contributed by atoms with E-state index in [4.69, 9.17) is 0 Å². The van der Waals surface area contributed by atoms with Crippen molar-refractivity contribution in [2.24, 2.45) is 0 Å². The first-order valence-corrected chi connectivity index (χ1v) is 9.73. The van der Waals surface area contributed by atoms with E-state index in [-0.39, 0.29) is 0 Å². The van der Waals surface area contributed by atoms with Crippen molar-refractivity contribution < 1.29 is 0 Å². The van der Waals surface area contributed by atoms with Gasteiger partial charge in [-0.25, -0.2) is 0 Å². The largest absolute Gasteiger partial charge is 0.0654 e. The Morgan fingerprint density at radius 2 is 0.700 bits per heavy atom. The quantitative estimate of drug-likeness (QED) is 0.238. The van der Waals surface area contributed by atoms with Crippen molar-refractivity contribution >= 4 is 0 Å². The second-order valence-corrected chi connectivity index (χ2v) is 6.46. The number of unbranched alkanes of at least 4 members (excludes halogenated alkanes) is 17. The predicted octanol–water partition coefficient (Wildman–Crippen LogP) is 7.86. The van der Waals surface area contributed by atoms with Crippen molar-refractivity contribution in [2.45, 2.75) is 123 Å². The second kappa shape index (κ2) is 19.0. The zero-order chi connectivity index (χ0) is 14.7. The van der Waals surface area contributed by atoms with E-state index < -0.39 is 0 Å². The molecule has 0 spiro atoms. The van der Waals surface area contributed by atoms with Crippen LogP contribution in [0, 0.1) is 6.42 Å². The van der Waals surface area contributed by atoms with E-state index in [0.29, 0.717) is 0 Å². The fourth-order valence-electron chi connectivity index (χ4n) is 2.81. The Morgan fingerprint density at radius 3 is 1.05 bits per heavy atom. The van der Waals surface area contributed by atoms with E-state index in [9.17, 15) is 0 Å². The molecule has 20 heavy (non-hydrogen) atoms. The maximum absolute atomic E-state index is 2.54. The fourth-order valence-corrected chi connectivity index (χ4v) is 2.81. The number of hydrogen-bond acceptors (Lipinski definition) is 0. The lowest BCUT2D eigenvalue weighted by Crippen LogP contribution is -1.84. The van der Waals surface area contributed by atoms with Crippen LogP contribution in [0.5, 0.6) is 0 Å². The summed E-state index contributed by atoms with van der Waals surface area (Å²) in [4.78, 5) is 0. The highest BCUT2D eigenvalue weighted by atomic mass is 14.0. The first-order chi connectivity index (χ1) is 9.91. The van der Waals surface area contributed by atoms with Crippen LogP contribution in [0.1, 0.15) is 123 Å². The Bertz CT molecular complexity index is 132.